The molecular formula is C23H25FN2O4S. The average molecular weight is 445 g/mol. The van der Waals surface area contributed by atoms with Gasteiger partial charge in [0, 0.05) is 24.2 Å². The lowest BCUT2D eigenvalue weighted by atomic mass is 9.95. The number of hydrogen-bond acceptors (Lipinski definition) is 4. The summed E-state index contributed by atoms with van der Waals surface area (Å²) in [6.07, 6.45) is 4.23. The second-order valence-corrected chi connectivity index (χ2v) is 9.71. The number of nitrogens with zero attached hydrogens (tertiary/aromatic N) is 1. The van der Waals surface area contributed by atoms with Crippen LogP contribution in [0.2, 0.25) is 0 Å². The molecule has 0 aliphatic heterocycles. The molecule has 1 saturated carbocycles. The van der Waals surface area contributed by atoms with Crippen LogP contribution < -0.4 is 10.3 Å². The molecule has 8 heteroatoms. The van der Waals surface area contributed by atoms with Gasteiger partial charge in [0.1, 0.15) is 16.5 Å². The Bertz CT molecular complexity index is 1250. The molecule has 0 bridgehead atoms. The monoisotopic (exact) mass is 444 g/mol. The molecule has 0 amide bonds. The van der Waals surface area contributed by atoms with Crippen LogP contribution in [-0.2, 0) is 16.6 Å². The van der Waals surface area contributed by atoms with Crippen molar-refractivity contribution in [3.05, 3.63) is 70.3 Å². The molecule has 1 heterocycles. The Morgan fingerprint density at radius 3 is 2.55 bits per heavy atom. The Hall–Kier alpha value is -2.71. The third-order valence-corrected chi connectivity index (χ3v) is 7.79. The standard InChI is InChI=1S/C23H25FN2O4S/c1-30-19-12-11-16-13-17(23(27)25-21(16)14-19)15-26(18-7-3-2-4-8-18)31(28,29)22-10-6-5-9-20(22)24/h5-6,9-14,18H,2-4,7-8,15H2,1H3,(H,25,27). The summed E-state index contributed by atoms with van der Waals surface area (Å²) in [4.78, 5) is 15.2. The largest absolute Gasteiger partial charge is 0.497 e. The van der Waals surface area contributed by atoms with E-state index in [0.717, 1.165) is 30.7 Å². The van der Waals surface area contributed by atoms with E-state index in [1.807, 2.05) is 6.07 Å². The molecule has 0 saturated heterocycles. The number of halogens is 1. The number of aromatic amines is 1. The lowest BCUT2D eigenvalue weighted by Crippen LogP contribution is -2.42. The number of ether oxygens (including phenoxy) is 1. The maximum Gasteiger partial charge on any atom is 0.252 e. The fourth-order valence-electron chi connectivity index (χ4n) is 4.20. The molecular weight excluding hydrogens is 419 g/mol. The lowest BCUT2D eigenvalue weighted by Gasteiger charge is -2.33. The summed E-state index contributed by atoms with van der Waals surface area (Å²) in [7, 11) is -2.58. The van der Waals surface area contributed by atoms with Crippen molar-refractivity contribution in [2.45, 2.75) is 49.6 Å². The zero-order chi connectivity index (χ0) is 22.0. The zero-order valence-electron chi connectivity index (χ0n) is 17.3. The van der Waals surface area contributed by atoms with Crippen molar-refractivity contribution in [2.24, 2.45) is 0 Å². The SMILES string of the molecule is COc1ccc2cc(CN(C3CCCCC3)S(=O)(=O)c3ccccc3F)c(=O)[nH]c2c1. The highest BCUT2D eigenvalue weighted by molar-refractivity contribution is 7.89. The molecule has 3 aromatic rings. The average Bonchev–Trinajstić information content (AvgIpc) is 2.77. The minimum Gasteiger partial charge on any atom is -0.497 e. The number of pyridine rings is 1. The van der Waals surface area contributed by atoms with Gasteiger partial charge in [0.05, 0.1) is 12.6 Å². The van der Waals surface area contributed by atoms with Crippen LogP contribution in [0.5, 0.6) is 5.75 Å². The van der Waals surface area contributed by atoms with Crippen LogP contribution in [0.4, 0.5) is 4.39 Å². The molecule has 164 valence electrons. The molecule has 0 radical (unpaired) electrons. The number of hydrogen-bond donors (Lipinski definition) is 1. The molecule has 1 N–H and O–H groups in total. The van der Waals surface area contributed by atoms with Crippen molar-refractivity contribution in [3.8, 4) is 5.75 Å². The Balaban J connectivity index is 1.77. The number of benzene rings is 2. The van der Waals surface area contributed by atoms with E-state index in [0.29, 0.717) is 29.7 Å². The predicted molar refractivity (Wildman–Crippen MR) is 117 cm³/mol. The molecule has 31 heavy (non-hydrogen) atoms. The van der Waals surface area contributed by atoms with E-state index in [4.69, 9.17) is 4.74 Å². The van der Waals surface area contributed by atoms with Gasteiger partial charge >= 0.3 is 0 Å². The first-order valence-electron chi connectivity index (χ1n) is 10.4. The molecule has 1 aromatic heterocycles. The van der Waals surface area contributed by atoms with Gasteiger partial charge in [-0.3, -0.25) is 4.79 Å². The van der Waals surface area contributed by atoms with Crippen molar-refractivity contribution in [2.75, 3.05) is 7.11 Å². The number of sulfonamides is 1. The fraction of sp³-hybridized carbons (Fsp3) is 0.348. The zero-order valence-corrected chi connectivity index (χ0v) is 18.1. The first-order valence-corrected chi connectivity index (χ1v) is 11.8. The summed E-state index contributed by atoms with van der Waals surface area (Å²) < 4.78 is 47.9. The number of fused-ring (bicyclic) bond motifs is 1. The minimum atomic E-state index is -4.12. The van der Waals surface area contributed by atoms with Crippen molar-refractivity contribution >= 4 is 20.9 Å². The number of methoxy groups -OCH3 is 1. The number of H-pyrrole nitrogens is 1. The third-order valence-electron chi connectivity index (χ3n) is 5.86. The molecule has 1 aliphatic carbocycles. The Kier molecular flexibility index (Phi) is 6.11. The van der Waals surface area contributed by atoms with Crippen LogP contribution in [0.3, 0.4) is 0 Å². The van der Waals surface area contributed by atoms with Crippen LogP contribution in [0, 0.1) is 5.82 Å². The van der Waals surface area contributed by atoms with E-state index in [9.17, 15) is 17.6 Å². The van der Waals surface area contributed by atoms with Crippen molar-refractivity contribution in [1.82, 2.24) is 9.29 Å². The van der Waals surface area contributed by atoms with Crippen molar-refractivity contribution < 1.29 is 17.5 Å². The third kappa shape index (κ3) is 4.36. The molecule has 1 aliphatic rings. The first kappa shape index (κ1) is 21.5. The van der Waals surface area contributed by atoms with Gasteiger partial charge in [-0.2, -0.15) is 4.31 Å². The van der Waals surface area contributed by atoms with E-state index < -0.39 is 15.8 Å². The van der Waals surface area contributed by atoms with Gasteiger partial charge in [-0.05, 0) is 48.6 Å². The van der Waals surface area contributed by atoms with Gasteiger partial charge in [-0.1, -0.05) is 31.4 Å². The van der Waals surface area contributed by atoms with Crippen LogP contribution >= 0.6 is 0 Å². The summed E-state index contributed by atoms with van der Waals surface area (Å²) in [5, 5.41) is 0.766. The number of rotatable bonds is 6. The second-order valence-electron chi connectivity index (χ2n) is 7.85. The highest BCUT2D eigenvalue weighted by Gasteiger charge is 2.34. The highest BCUT2D eigenvalue weighted by Crippen LogP contribution is 2.30. The summed E-state index contributed by atoms with van der Waals surface area (Å²) >= 11 is 0. The summed E-state index contributed by atoms with van der Waals surface area (Å²) in [6.45, 7) is -0.112. The number of aromatic nitrogens is 1. The quantitative estimate of drug-likeness (QED) is 0.618. The van der Waals surface area contributed by atoms with Crippen LogP contribution in [-0.4, -0.2) is 30.9 Å². The molecule has 0 spiro atoms. The van der Waals surface area contributed by atoms with Gasteiger partial charge in [0.15, 0.2) is 0 Å². The topological polar surface area (TPSA) is 79.5 Å². The Morgan fingerprint density at radius 2 is 1.84 bits per heavy atom. The normalized spacial score (nSPS) is 15.5. The van der Waals surface area contributed by atoms with Gasteiger partial charge in [0.2, 0.25) is 10.0 Å². The lowest BCUT2D eigenvalue weighted by molar-refractivity contribution is 0.246. The van der Waals surface area contributed by atoms with E-state index in [1.165, 1.54) is 22.5 Å². The van der Waals surface area contributed by atoms with Crippen LogP contribution in [0.1, 0.15) is 37.7 Å². The van der Waals surface area contributed by atoms with Gasteiger partial charge in [0.25, 0.3) is 5.56 Å². The molecule has 2 aromatic carbocycles. The van der Waals surface area contributed by atoms with Gasteiger partial charge in [-0.25, -0.2) is 12.8 Å². The van der Waals surface area contributed by atoms with Crippen molar-refractivity contribution in [3.63, 3.8) is 0 Å². The Labute approximate surface area is 180 Å². The maximum atomic E-state index is 14.4. The molecule has 0 unspecified atom stereocenters. The van der Waals surface area contributed by atoms with Gasteiger partial charge < -0.3 is 9.72 Å². The fourth-order valence-corrected chi connectivity index (χ4v) is 5.93. The second kappa shape index (κ2) is 8.80. The Morgan fingerprint density at radius 1 is 1.10 bits per heavy atom. The van der Waals surface area contributed by atoms with E-state index in [2.05, 4.69) is 4.98 Å². The maximum absolute atomic E-state index is 14.4. The smallest absolute Gasteiger partial charge is 0.252 e. The molecule has 4 rings (SSSR count). The molecule has 0 atom stereocenters. The summed E-state index contributed by atoms with van der Waals surface area (Å²) in [5.74, 6) is -0.176. The summed E-state index contributed by atoms with van der Waals surface area (Å²) in [5.41, 5.74) is 0.558. The first-order chi connectivity index (χ1) is 14.9. The van der Waals surface area contributed by atoms with Gasteiger partial charge in [-0.15, -0.1) is 0 Å². The van der Waals surface area contributed by atoms with E-state index in [-0.39, 0.29) is 23.0 Å². The molecule has 6 nitrogen and oxygen atoms in total. The minimum absolute atomic E-state index is 0.112. The summed E-state index contributed by atoms with van der Waals surface area (Å²) in [6, 6.07) is 12.1. The highest BCUT2D eigenvalue weighted by atomic mass is 32.2. The molecule has 1 fully saturated rings. The van der Waals surface area contributed by atoms with Crippen molar-refractivity contribution in [1.29, 1.82) is 0 Å². The van der Waals surface area contributed by atoms with Crippen LogP contribution in [0.15, 0.2) is 58.2 Å². The predicted octanol–water partition coefficient (Wildman–Crippen LogP) is 4.20. The van der Waals surface area contributed by atoms with Crippen LogP contribution in [0.25, 0.3) is 10.9 Å². The number of nitrogens with one attached hydrogen (secondary N) is 1. The van der Waals surface area contributed by atoms with E-state index >= 15 is 0 Å². The van der Waals surface area contributed by atoms with E-state index in [1.54, 1.807) is 25.3 Å².